The standard InChI is InChI=1S/C21H24N2O5/c1-26-17-11-16(12-18(27-2)21(17)28-3)13-22-20(25)14-23-19(24)10-9-15-7-5-4-6-8-15/h4-12H,13-14H2,1-3H3,(H,22,25)(H,23,24)/b10-9+. The Balaban J connectivity index is 1.85. The molecule has 0 bridgehead atoms. The Morgan fingerprint density at radius 2 is 1.57 bits per heavy atom. The third-order valence-electron chi connectivity index (χ3n) is 3.86. The Hall–Kier alpha value is -3.48. The van der Waals surface area contributed by atoms with E-state index in [1.807, 2.05) is 30.3 Å². The molecule has 2 aromatic carbocycles. The SMILES string of the molecule is COc1cc(CNC(=O)CNC(=O)/C=C/c2ccccc2)cc(OC)c1OC. The van der Waals surface area contributed by atoms with E-state index < -0.39 is 0 Å². The van der Waals surface area contributed by atoms with Crippen LogP contribution in [0.1, 0.15) is 11.1 Å². The van der Waals surface area contributed by atoms with Crippen molar-refractivity contribution in [3.05, 3.63) is 59.7 Å². The summed E-state index contributed by atoms with van der Waals surface area (Å²) in [6.45, 7) is 0.133. The van der Waals surface area contributed by atoms with Gasteiger partial charge in [0, 0.05) is 12.6 Å². The third-order valence-corrected chi connectivity index (χ3v) is 3.86. The number of benzene rings is 2. The second-order valence-corrected chi connectivity index (χ2v) is 5.77. The maximum Gasteiger partial charge on any atom is 0.244 e. The largest absolute Gasteiger partial charge is 0.493 e. The predicted molar refractivity (Wildman–Crippen MR) is 106 cm³/mol. The summed E-state index contributed by atoms with van der Waals surface area (Å²) in [5.41, 5.74) is 1.68. The summed E-state index contributed by atoms with van der Waals surface area (Å²) >= 11 is 0. The van der Waals surface area contributed by atoms with Gasteiger partial charge >= 0.3 is 0 Å². The lowest BCUT2D eigenvalue weighted by Gasteiger charge is -2.14. The Morgan fingerprint density at radius 3 is 2.14 bits per heavy atom. The van der Waals surface area contributed by atoms with Crippen molar-refractivity contribution in [3.63, 3.8) is 0 Å². The number of ether oxygens (including phenoxy) is 3. The molecule has 0 aliphatic rings. The maximum atomic E-state index is 12.0. The molecule has 0 fully saturated rings. The highest BCUT2D eigenvalue weighted by Gasteiger charge is 2.13. The Bertz CT molecular complexity index is 809. The molecule has 0 unspecified atom stereocenters. The first-order valence-electron chi connectivity index (χ1n) is 8.64. The minimum atomic E-state index is -0.341. The quantitative estimate of drug-likeness (QED) is 0.647. The minimum absolute atomic E-state index is 0.123. The smallest absolute Gasteiger partial charge is 0.244 e. The fourth-order valence-corrected chi connectivity index (χ4v) is 2.46. The number of carbonyl (C=O) groups is 2. The van der Waals surface area contributed by atoms with Gasteiger partial charge in [0.25, 0.3) is 0 Å². The maximum absolute atomic E-state index is 12.0. The number of hydrogen-bond donors (Lipinski definition) is 2. The van der Waals surface area contributed by atoms with E-state index in [4.69, 9.17) is 14.2 Å². The van der Waals surface area contributed by atoms with Crippen LogP contribution in [0.5, 0.6) is 17.2 Å². The van der Waals surface area contributed by atoms with E-state index in [2.05, 4.69) is 10.6 Å². The van der Waals surface area contributed by atoms with Crippen molar-refractivity contribution >= 4 is 17.9 Å². The van der Waals surface area contributed by atoms with Gasteiger partial charge in [0.05, 0.1) is 27.9 Å². The summed E-state index contributed by atoms with van der Waals surface area (Å²) in [6.07, 6.45) is 3.07. The number of rotatable bonds is 9. The second-order valence-electron chi connectivity index (χ2n) is 5.77. The summed E-state index contributed by atoms with van der Waals surface area (Å²) in [6, 6.07) is 12.9. The van der Waals surface area contributed by atoms with Crippen molar-refractivity contribution in [3.8, 4) is 17.2 Å². The second kappa shape index (κ2) is 10.6. The van der Waals surface area contributed by atoms with Crippen LogP contribution in [0, 0.1) is 0 Å². The molecule has 2 aromatic rings. The zero-order chi connectivity index (χ0) is 20.4. The predicted octanol–water partition coefficient (Wildman–Crippen LogP) is 2.16. The Morgan fingerprint density at radius 1 is 0.929 bits per heavy atom. The molecule has 0 saturated heterocycles. The first-order valence-corrected chi connectivity index (χ1v) is 8.64. The van der Waals surface area contributed by atoms with E-state index in [1.165, 1.54) is 27.4 Å². The molecule has 0 atom stereocenters. The van der Waals surface area contributed by atoms with Crippen LogP contribution in [-0.4, -0.2) is 39.7 Å². The van der Waals surface area contributed by atoms with Crippen LogP contribution in [-0.2, 0) is 16.1 Å². The highest BCUT2D eigenvalue weighted by atomic mass is 16.5. The Labute approximate surface area is 164 Å². The minimum Gasteiger partial charge on any atom is -0.493 e. The van der Waals surface area contributed by atoms with Crippen molar-refractivity contribution < 1.29 is 23.8 Å². The van der Waals surface area contributed by atoms with Gasteiger partial charge < -0.3 is 24.8 Å². The number of nitrogens with one attached hydrogen (secondary N) is 2. The van der Waals surface area contributed by atoms with E-state index in [9.17, 15) is 9.59 Å². The average Bonchev–Trinajstić information content (AvgIpc) is 2.74. The summed E-state index contributed by atoms with van der Waals surface area (Å²) < 4.78 is 15.8. The van der Waals surface area contributed by atoms with Gasteiger partial charge in [-0.3, -0.25) is 9.59 Å². The van der Waals surface area contributed by atoms with Gasteiger partial charge in [-0.2, -0.15) is 0 Å². The van der Waals surface area contributed by atoms with Gasteiger partial charge in [0.2, 0.25) is 17.6 Å². The summed E-state index contributed by atoms with van der Waals surface area (Å²) in [5, 5.41) is 5.28. The van der Waals surface area contributed by atoms with Crippen LogP contribution in [0.3, 0.4) is 0 Å². The highest BCUT2D eigenvalue weighted by molar-refractivity contribution is 5.94. The lowest BCUT2D eigenvalue weighted by molar-refractivity contribution is -0.124. The van der Waals surface area contributed by atoms with Crippen LogP contribution in [0.15, 0.2) is 48.5 Å². The zero-order valence-electron chi connectivity index (χ0n) is 16.2. The molecule has 0 saturated carbocycles. The van der Waals surface area contributed by atoms with Crippen LogP contribution in [0.2, 0.25) is 0 Å². The molecule has 7 heteroatoms. The molecule has 0 heterocycles. The molecule has 148 valence electrons. The zero-order valence-corrected chi connectivity index (χ0v) is 16.2. The topological polar surface area (TPSA) is 85.9 Å². The molecule has 0 aromatic heterocycles. The molecule has 2 amide bonds. The van der Waals surface area contributed by atoms with Crippen LogP contribution in [0.25, 0.3) is 6.08 Å². The van der Waals surface area contributed by atoms with Gasteiger partial charge in [0.1, 0.15) is 0 Å². The van der Waals surface area contributed by atoms with E-state index in [1.54, 1.807) is 18.2 Å². The normalized spacial score (nSPS) is 10.4. The van der Waals surface area contributed by atoms with Gasteiger partial charge in [-0.25, -0.2) is 0 Å². The van der Waals surface area contributed by atoms with Crippen LogP contribution < -0.4 is 24.8 Å². The van der Waals surface area contributed by atoms with Gasteiger partial charge in [-0.15, -0.1) is 0 Å². The molecule has 28 heavy (non-hydrogen) atoms. The fraction of sp³-hybridized carbons (Fsp3) is 0.238. The molecular weight excluding hydrogens is 360 g/mol. The van der Waals surface area contributed by atoms with Gasteiger partial charge in [-0.05, 0) is 29.3 Å². The first kappa shape index (κ1) is 20.8. The molecule has 7 nitrogen and oxygen atoms in total. The molecule has 0 aliphatic carbocycles. The molecule has 0 aliphatic heterocycles. The number of carbonyl (C=O) groups excluding carboxylic acids is 2. The lowest BCUT2D eigenvalue weighted by atomic mass is 10.1. The lowest BCUT2D eigenvalue weighted by Crippen LogP contribution is -2.35. The summed E-state index contributed by atoms with van der Waals surface area (Å²) in [4.78, 5) is 23.8. The van der Waals surface area contributed by atoms with Crippen molar-refractivity contribution in [1.29, 1.82) is 0 Å². The molecule has 0 radical (unpaired) electrons. The number of methoxy groups -OCH3 is 3. The van der Waals surface area contributed by atoms with Crippen molar-refractivity contribution in [2.75, 3.05) is 27.9 Å². The summed E-state index contributed by atoms with van der Waals surface area (Å²) in [5.74, 6) is 0.843. The highest BCUT2D eigenvalue weighted by Crippen LogP contribution is 2.38. The molecule has 2 rings (SSSR count). The number of hydrogen-bond acceptors (Lipinski definition) is 5. The first-order chi connectivity index (χ1) is 13.6. The van der Waals surface area contributed by atoms with Crippen LogP contribution >= 0.6 is 0 Å². The van der Waals surface area contributed by atoms with E-state index in [0.717, 1.165) is 11.1 Å². The van der Waals surface area contributed by atoms with E-state index in [-0.39, 0.29) is 24.9 Å². The van der Waals surface area contributed by atoms with Gasteiger partial charge in [-0.1, -0.05) is 30.3 Å². The van der Waals surface area contributed by atoms with Gasteiger partial charge in [0.15, 0.2) is 11.5 Å². The average molecular weight is 384 g/mol. The Kier molecular flexibility index (Phi) is 7.90. The molecular formula is C21H24N2O5. The fourth-order valence-electron chi connectivity index (χ4n) is 2.46. The summed E-state index contributed by atoms with van der Waals surface area (Å²) in [7, 11) is 4.58. The van der Waals surface area contributed by atoms with Crippen molar-refractivity contribution in [1.82, 2.24) is 10.6 Å². The molecule has 2 N–H and O–H groups in total. The van der Waals surface area contributed by atoms with Crippen molar-refractivity contribution in [2.45, 2.75) is 6.54 Å². The van der Waals surface area contributed by atoms with Crippen LogP contribution in [0.4, 0.5) is 0 Å². The third kappa shape index (κ3) is 6.05. The number of amides is 2. The molecule has 0 spiro atoms. The van der Waals surface area contributed by atoms with Crippen molar-refractivity contribution in [2.24, 2.45) is 0 Å². The van der Waals surface area contributed by atoms with E-state index >= 15 is 0 Å². The van der Waals surface area contributed by atoms with E-state index in [0.29, 0.717) is 17.2 Å². The monoisotopic (exact) mass is 384 g/mol.